The van der Waals surface area contributed by atoms with Gasteiger partial charge in [0.05, 0.1) is 5.56 Å². The molecule has 0 unspecified atom stereocenters. The second kappa shape index (κ2) is 5.40. The summed E-state index contributed by atoms with van der Waals surface area (Å²) in [5, 5.41) is 8.76. The van der Waals surface area contributed by atoms with Gasteiger partial charge in [0.2, 0.25) is 0 Å². The highest BCUT2D eigenvalue weighted by Gasteiger charge is 2.45. The smallest absolute Gasteiger partial charge is 0.321 e. The zero-order chi connectivity index (χ0) is 15.6. The predicted molar refractivity (Wildman–Crippen MR) is 67.1 cm³/mol. The topological polar surface area (TPSA) is 56.6 Å². The molecule has 2 rings (SSSR count). The maximum absolute atomic E-state index is 13.5. The van der Waals surface area contributed by atoms with E-state index < -0.39 is 29.0 Å². The van der Waals surface area contributed by atoms with E-state index in [9.17, 15) is 22.4 Å². The summed E-state index contributed by atoms with van der Waals surface area (Å²) in [6, 6.07) is 9.84. The van der Waals surface area contributed by atoms with E-state index in [0.29, 0.717) is 11.6 Å². The van der Waals surface area contributed by atoms with Crippen LogP contribution in [0, 0.1) is 11.3 Å². The number of rotatable bonds is 3. The molecule has 21 heavy (non-hydrogen) atoms. The highest BCUT2D eigenvalue weighted by atomic mass is 19.3. The number of nitriles is 1. The Labute approximate surface area is 116 Å². The van der Waals surface area contributed by atoms with Crippen LogP contribution in [0.5, 0.6) is 0 Å². The van der Waals surface area contributed by atoms with Gasteiger partial charge >= 0.3 is 12.3 Å². The number of hydrogen-bond acceptors (Lipinski definition) is 2. The Hall–Kier alpha value is -2.62. The zero-order valence-corrected chi connectivity index (χ0v) is 10.4. The molecule has 7 heteroatoms. The van der Waals surface area contributed by atoms with E-state index in [-0.39, 0.29) is 5.69 Å². The number of nitrogens with one attached hydrogen (secondary N) is 1. The Bertz CT molecular complexity index is 748. The van der Waals surface area contributed by atoms with Crippen LogP contribution in [-0.4, -0.2) is 11.4 Å². The maximum atomic E-state index is 13.5. The minimum atomic E-state index is -4.58. The lowest BCUT2D eigenvalue weighted by atomic mass is 10.0. The Morgan fingerprint density at radius 2 is 1.81 bits per heavy atom. The molecule has 2 aromatic rings. The van der Waals surface area contributed by atoms with Crippen molar-refractivity contribution >= 4 is 0 Å². The van der Waals surface area contributed by atoms with Crippen LogP contribution in [-0.2, 0) is 5.92 Å². The van der Waals surface area contributed by atoms with Crippen LogP contribution in [0.1, 0.15) is 11.1 Å². The van der Waals surface area contributed by atoms with Crippen molar-refractivity contribution in [2.24, 2.45) is 0 Å². The first-order valence-electron chi connectivity index (χ1n) is 5.77. The SMILES string of the molecule is N#Cc1c(C(F)(F)C(F)F)cc(-c2ccccc2)[nH]c1=O. The monoisotopic (exact) mass is 296 g/mol. The molecule has 1 aromatic carbocycles. The molecule has 0 aliphatic heterocycles. The molecule has 0 bridgehead atoms. The number of halogens is 4. The van der Waals surface area contributed by atoms with Crippen molar-refractivity contribution in [1.29, 1.82) is 5.26 Å². The van der Waals surface area contributed by atoms with Gasteiger partial charge in [-0.15, -0.1) is 0 Å². The van der Waals surface area contributed by atoms with Crippen molar-refractivity contribution in [2.45, 2.75) is 12.3 Å². The molecule has 0 amide bonds. The third-order valence-corrected chi connectivity index (χ3v) is 2.86. The van der Waals surface area contributed by atoms with Gasteiger partial charge in [-0.3, -0.25) is 4.79 Å². The summed E-state index contributed by atoms with van der Waals surface area (Å²) in [6.07, 6.45) is -4.02. The number of hydrogen-bond donors (Lipinski definition) is 1. The molecule has 0 saturated heterocycles. The molecular formula is C14H8F4N2O. The lowest BCUT2D eigenvalue weighted by Gasteiger charge is -2.17. The molecule has 1 heterocycles. The van der Waals surface area contributed by atoms with Crippen LogP contribution < -0.4 is 5.56 Å². The summed E-state index contributed by atoms with van der Waals surface area (Å²) in [7, 11) is 0. The molecule has 0 atom stereocenters. The second-order valence-electron chi connectivity index (χ2n) is 4.20. The lowest BCUT2D eigenvalue weighted by molar-refractivity contribution is -0.135. The minimum Gasteiger partial charge on any atom is -0.321 e. The Morgan fingerprint density at radius 1 is 1.19 bits per heavy atom. The molecule has 0 aliphatic carbocycles. The summed E-state index contributed by atoms with van der Waals surface area (Å²) >= 11 is 0. The van der Waals surface area contributed by atoms with Gasteiger partial charge in [-0.25, -0.2) is 8.78 Å². The number of nitrogens with zero attached hydrogens (tertiary/aromatic N) is 1. The number of H-pyrrole nitrogens is 1. The number of aromatic amines is 1. The van der Waals surface area contributed by atoms with Crippen molar-refractivity contribution in [2.75, 3.05) is 0 Å². The van der Waals surface area contributed by atoms with Crippen molar-refractivity contribution in [1.82, 2.24) is 4.98 Å². The summed E-state index contributed by atoms with van der Waals surface area (Å²) in [6.45, 7) is 0. The fraction of sp³-hybridized carbons (Fsp3) is 0.143. The van der Waals surface area contributed by atoms with E-state index in [1.807, 2.05) is 0 Å². The normalized spacial score (nSPS) is 11.4. The van der Waals surface area contributed by atoms with Crippen molar-refractivity contribution in [3.8, 4) is 17.3 Å². The molecule has 0 aliphatic rings. The zero-order valence-electron chi connectivity index (χ0n) is 10.4. The fourth-order valence-electron chi connectivity index (χ4n) is 1.82. The van der Waals surface area contributed by atoms with Crippen molar-refractivity contribution in [3.05, 3.63) is 57.9 Å². The van der Waals surface area contributed by atoms with E-state index >= 15 is 0 Å². The van der Waals surface area contributed by atoms with Crippen LogP contribution in [0.2, 0.25) is 0 Å². The third-order valence-electron chi connectivity index (χ3n) is 2.86. The Morgan fingerprint density at radius 3 is 2.33 bits per heavy atom. The fourth-order valence-corrected chi connectivity index (χ4v) is 1.82. The van der Waals surface area contributed by atoms with Gasteiger partial charge in [-0.1, -0.05) is 30.3 Å². The highest BCUT2D eigenvalue weighted by molar-refractivity contribution is 5.61. The van der Waals surface area contributed by atoms with Crippen molar-refractivity contribution in [3.63, 3.8) is 0 Å². The number of alkyl halides is 4. The summed E-state index contributed by atoms with van der Waals surface area (Å²) in [5.74, 6) is -4.58. The first-order chi connectivity index (χ1) is 9.87. The molecule has 3 nitrogen and oxygen atoms in total. The number of aromatic nitrogens is 1. The molecule has 108 valence electrons. The van der Waals surface area contributed by atoms with Gasteiger partial charge in [0.1, 0.15) is 11.6 Å². The molecule has 1 aromatic heterocycles. The standard InChI is InChI=1S/C14H8F4N2O/c15-13(16)14(17,18)10-6-11(8-4-2-1-3-5-8)20-12(21)9(10)7-19/h1-6,13H,(H,20,21). The Kier molecular flexibility index (Phi) is 3.80. The lowest BCUT2D eigenvalue weighted by Crippen LogP contribution is -2.28. The van der Waals surface area contributed by atoms with Crippen LogP contribution in [0.25, 0.3) is 11.3 Å². The van der Waals surface area contributed by atoms with E-state index in [2.05, 4.69) is 4.98 Å². The largest absolute Gasteiger partial charge is 0.334 e. The van der Waals surface area contributed by atoms with Crippen LogP contribution >= 0.6 is 0 Å². The second-order valence-corrected chi connectivity index (χ2v) is 4.20. The highest BCUT2D eigenvalue weighted by Crippen LogP contribution is 2.36. The van der Waals surface area contributed by atoms with Gasteiger partial charge in [0.25, 0.3) is 5.56 Å². The molecule has 0 radical (unpaired) electrons. The molecule has 0 saturated carbocycles. The third kappa shape index (κ3) is 2.65. The molecule has 1 N–H and O–H groups in total. The Balaban J connectivity index is 2.73. The summed E-state index contributed by atoms with van der Waals surface area (Å²) in [5.41, 5.74) is -3.11. The van der Waals surface area contributed by atoms with Gasteiger partial charge < -0.3 is 4.98 Å². The predicted octanol–water partition coefficient (Wildman–Crippen LogP) is 3.27. The van der Waals surface area contributed by atoms with Crippen molar-refractivity contribution < 1.29 is 17.6 Å². The van der Waals surface area contributed by atoms with E-state index in [4.69, 9.17) is 5.26 Å². The van der Waals surface area contributed by atoms with E-state index in [1.54, 1.807) is 18.2 Å². The first kappa shape index (κ1) is 14.8. The molecular weight excluding hydrogens is 288 g/mol. The van der Waals surface area contributed by atoms with Crippen LogP contribution in [0.4, 0.5) is 17.6 Å². The number of pyridine rings is 1. The van der Waals surface area contributed by atoms with E-state index in [0.717, 1.165) is 0 Å². The number of benzene rings is 1. The molecule has 0 spiro atoms. The summed E-state index contributed by atoms with van der Waals surface area (Å²) in [4.78, 5) is 13.9. The van der Waals surface area contributed by atoms with Gasteiger partial charge in [-0.05, 0) is 11.6 Å². The quantitative estimate of drug-likeness (QED) is 0.884. The average molecular weight is 296 g/mol. The van der Waals surface area contributed by atoms with Crippen LogP contribution in [0.3, 0.4) is 0 Å². The van der Waals surface area contributed by atoms with Gasteiger partial charge in [0, 0.05) is 5.69 Å². The minimum absolute atomic E-state index is 0.0603. The average Bonchev–Trinajstić information content (AvgIpc) is 2.47. The van der Waals surface area contributed by atoms with E-state index in [1.165, 1.54) is 18.2 Å². The van der Waals surface area contributed by atoms with Gasteiger partial charge in [0.15, 0.2) is 0 Å². The molecule has 0 fully saturated rings. The first-order valence-corrected chi connectivity index (χ1v) is 5.77. The van der Waals surface area contributed by atoms with Gasteiger partial charge in [-0.2, -0.15) is 14.0 Å². The maximum Gasteiger partial charge on any atom is 0.334 e. The summed E-state index contributed by atoms with van der Waals surface area (Å²) < 4.78 is 52.1. The van der Waals surface area contributed by atoms with Crippen LogP contribution in [0.15, 0.2) is 41.2 Å².